The fourth-order valence-electron chi connectivity index (χ4n) is 1.71. The molecule has 0 aromatic heterocycles. The molecule has 68 valence electrons. The lowest BCUT2D eigenvalue weighted by atomic mass is 9.80. The summed E-state index contributed by atoms with van der Waals surface area (Å²) in [5.74, 6) is 0.658. The summed E-state index contributed by atoms with van der Waals surface area (Å²) in [4.78, 5) is 0. The fraction of sp³-hybridized carbons (Fsp3) is 0.667. The van der Waals surface area contributed by atoms with Crippen molar-refractivity contribution in [1.82, 2.24) is 0 Å². The molecule has 1 rings (SSSR count). The van der Waals surface area contributed by atoms with Gasteiger partial charge in [-0.25, -0.2) is 0 Å². The summed E-state index contributed by atoms with van der Waals surface area (Å²) in [5.41, 5.74) is 3.48. The minimum Gasteiger partial charge on any atom is -0.0773 e. The fourth-order valence-corrected chi connectivity index (χ4v) is 1.71. The first-order chi connectivity index (χ1) is 5.49. The van der Waals surface area contributed by atoms with Crippen molar-refractivity contribution in [2.75, 3.05) is 0 Å². The van der Waals surface area contributed by atoms with E-state index in [0.29, 0.717) is 11.3 Å². The van der Waals surface area contributed by atoms with E-state index < -0.39 is 0 Å². The molecule has 0 heteroatoms. The maximum Gasteiger partial charge on any atom is -0.00452 e. The molecule has 0 aliphatic heterocycles. The summed E-state index contributed by atoms with van der Waals surface area (Å²) in [6.07, 6.45) is 5.84. The van der Waals surface area contributed by atoms with Gasteiger partial charge in [0, 0.05) is 0 Å². The second kappa shape index (κ2) is 3.08. The van der Waals surface area contributed by atoms with Gasteiger partial charge in [0.15, 0.2) is 0 Å². The number of allylic oxidation sites excluding steroid dienone is 4. The van der Waals surface area contributed by atoms with Gasteiger partial charge < -0.3 is 0 Å². The van der Waals surface area contributed by atoms with Gasteiger partial charge >= 0.3 is 0 Å². The van der Waals surface area contributed by atoms with Crippen LogP contribution in [-0.4, -0.2) is 0 Å². The number of hydrogen-bond acceptors (Lipinski definition) is 0. The molecule has 1 aliphatic carbocycles. The van der Waals surface area contributed by atoms with Crippen LogP contribution >= 0.6 is 0 Å². The lowest BCUT2D eigenvalue weighted by Gasteiger charge is -2.25. The highest BCUT2D eigenvalue weighted by Gasteiger charge is 2.25. The first-order valence-electron chi connectivity index (χ1n) is 4.88. The van der Waals surface area contributed by atoms with Crippen LogP contribution in [0.1, 0.15) is 41.0 Å². The van der Waals surface area contributed by atoms with E-state index in [1.165, 1.54) is 6.42 Å². The molecule has 0 aromatic rings. The normalized spacial score (nSPS) is 23.9. The smallest absolute Gasteiger partial charge is 0.00452 e. The van der Waals surface area contributed by atoms with Crippen molar-refractivity contribution in [3.05, 3.63) is 23.3 Å². The Hall–Kier alpha value is -0.520. The monoisotopic (exact) mass is 164 g/mol. The van der Waals surface area contributed by atoms with Crippen LogP contribution in [0.15, 0.2) is 23.3 Å². The van der Waals surface area contributed by atoms with Crippen LogP contribution in [0.2, 0.25) is 0 Å². The first kappa shape index (κ1) is 9.57. The SMILES string of the molecule is CCC(C)(C)C1=C(C)C(C)C=C1. The van der Waals surface area contributed by atoms with Gasteiger partial charge in [0.25, 0.3) is 0 Å². The molecule has 0 heterocycles. The topological polar surface area (TPSA) is 0 Å². The van der Waals surface area contributed by atoms with Crippen LogP contribution in [-0.2, 0) is 0 Å². The van der Waals surface area contributed by atoms with Gasteiger partial charge in [0.2, 0.25) is 0 Å². The zero-order valence-corrected chi connectivity index (χ0v) is 8.94. The molecule has 1 atom stereocenters. The minimum absolute atomic E-state index is 0.366. The Bertz CT molecular complexity index is 228. The minimum atomic E-state index is 0.366. The van der Waals surface area contributed by atoms with E-state index in [4.69, 9.17) is 0 Å². The number of hydrogen-bond donors (Lipinski definition) is 0. The summed E-state index contributed by atoms with van der Waals surface area (Å²) in [7, 11) is 0. The molecule has 0 bridgehead atoms. The van der Waals surface area contributed by atoms with Crippen molar-refractivity contribution in [2.45, 2.75) is 41.0 Å². The van der Waals surface area contributed by atoms with Gasteiger partial charge in [0.05, 0.1) is 0 Å². The van der Waals surface area contributed by atoms with Crippen molar-refractivity contribution in [3.63, 3.8) is 0 Å². The van der Waals surface area contributed by atoms with Gasteiger partial charge in [0.1, 0.15) is 0 Å². The molecular formula is C12H20. The van der Waals surface area contributed by atoms with Crippen molar-refractivity contribution < 1.29 is 0 Å². The maximum absolute atomic E-state index is 2.33. The van der Waals surface area contributed by atoms with Crippen molar-refractivity contribution in [2.24, 2.45) is 11.3 Å². The molecule has 0 saturated heterocycles. The highest BCUT2D eigenvalue weighted by molar-refractivity contribution is 5.39. The standard InChI is InChI=1S/C12H20/c1-6-12(4,5)11-8-7-9(2)10(11)3/h7-9H,6H2,1-5H3. The zero-order valence-electron chi connectivity index (χ0n) is 8.94. The zero-order chi connectivity index (χ0) is 9.35. The van der Waals surface area contributed by atoms with Crippen LogP contribution < -0.4 is 0 Å². The van der Waals surface area contributed by atoms with E-state index in [-0.39, 0.29) is 0 Å². The van der Waals surface area contributed by atoms with E-state index in [0.717, 1.165) is 0 Å². The summed E-state index contributed by atoms with van der Waals surface area (Å²) in [6, 6.07) is 0. The molecule has 12 heavy (non-hydrogen) atoms. The van der Waals surface area contributed by atoms with Crippen molar-refractivity contribution >= 4 is 0 Å². The molecule has 0 fully saturated rings. The molecule has 0 saturated carbocycles. The van der Waals surface area contributed by atoms with Crippen LogP contribution in [0, 0.1) is 11.3 Å². The van der Waals surface area contributed by atoms with E-state index in [1.807, 2.05) is 0 Å². The Morgan fingerprint density at radius 2 is 2.00 bits per heavy atom. The average Bonchev–Trinajstić information content (AvgIpc) is 2.33. The second-order valence-electron chi connectivity index (χ2n) is 4.48. The van der Waals surface area contributed by atoms with E-state index in [1.54, 1.807) is 11.1 Å². The largest absolute Gasteiger partial charge is 0.0773 e. The molecule has 0 spiro atoms. The van der Waals surface area contributed by atoms with Gasteiger partial charge in [-0.2, -0.15) is 0 Å². The summed E-state index contributed by atoms with van der Waals surface area (Å²) < 4.78 is 0. The predicted octanol–water partition coefficient (Wildman–Crippen LogP) is 3.95. The van der Waals surface area contributed by atoms with E-state index in [2.05, 4.69) is 46.8 Å². The second-order valence-corrected chi connectivity index (χ2v) is 4.48. The lowest BCUT2D eigenvalue weighted by Crippen LogP contribution is -2.12. The van der Waals surface area contributed by atoms with Crippen molar-refractivity contribution in [3.8, 4) is 0 Å². The van der Waals surface area contributed by atoms with Gasteiger partial charge in [-0.05, 0) is 30.3 Å². The molecule has 0 N–H and O–H groups in total. The van der Waals surface area contributed by atoms with Gasteiger partial charge in [-0.3, -0.25) is 0 Å². The molecular weight excluding hydrogens is 144 g/mol. The van der Waals surface area contributed by atoms with Crippen LogP contribution in [0.4, 0.5) is 0 Å². The molecule has 0 radical (unpaired) electrons. The Morgan fingerprint density at radius 3 is 2.33 bits per heavy atom. The quantitative estimate of drug-likeness (QED) is 0.580. The Labute approximate surface area is 76.4 Å². The molecule has 0 nitrogen and oxygen atoms in total. The van der Waals surface area contributed by atoms with Gasteiger partial charge in [-0.1, -0.05) is 45.4 Å². The molecule has 1 unspecified atom stereocenters. The predicted molar refractivity (Wildman–Crippen MR) is 55.1 cm³/mol. The third-order valence-electron chi connectivity index (χ3n) is 3.27. The third-order valence-corrected chi connectivity index (χ3v) is 3.27. The lowest BCUT2D eigenvalue weighted by molar-refractivity contribution is 0.436. The highest BCUT2D eigenvalue weighted by atomic mass is 14.3. The van der Waals surface area contributed by atoms with Gasteiger partial charge in [-0.15, -0.1) is 0 Å². The van der Waals surface area contributed by atoms with E-state index in [9.17, 15) is 0 Å². The molecule has 0 amide bonds. The summed E-state index contributed by atoms with van der Waals surface area (Å²) in [6.45, 7) is 11.4. The van der Waals surface area contributed by atoms with Crippen LogP contribution in [0.5, 0.6) is 0 Å². The summed E-state index contributed by atoms with van der Waals surface area (Å²) >= 11 is 0. The first-order valence-corrected chi connectivity index (χ1v) is 4.88. The Morgan fingerprint density at radius 1 is 1.42 bits per heavy atom. The average molecular weight is 164 g/mol. The highest BCUT2D eigenvalue weighted by Crippen LogP contribution is 2.39. The van der Waals surface area contributed by atoms with Crippen molar-refractivity contribution in [1.29, 1.82) is 0 Å². The number of rotatable bonds is 2. The van der Waals surface area contributed by atoms with E-state index >= 15 is 0 Å². The Balaban J connectivity index is 2.97. The summed E-state index contributed by atoms with van der Waals surface area (Å²) in [5, 5.41) is 0. The third kappa shape index (κ3) is 1.48. The maximum atomic E-state index is 2.33. The van der Waals surface area contributed by atoms with Crippen LogP contribution in [0.25, 0.3) is 0 Å². The van der Waals surface area contributed by atoms with Crippen LogP contribution in [0.3, 0.4) is 0 Å². The molecule has 0 aromatic carbocycles. The Kier molecular flexibility index (Phi) is 2.46. The molecule has 1 aliphatic rings.